The van der Waals surface area contributed by atoms with Crippen LogP contribution in [-0.4, -0.2) is 89.9 Å². The highest BCUT2D eigenvalue weighted by molar-refractivity contribution is 7.20. The van der Waals surface area contributed by atoms with Gasteiger partial charge in [0.25, 0.3) is 0 Å². The van der Waals surface area contributed by atoms with E-state index in [1.165, 1.54) is 18.3 Å². The van der Waals surface area contributed by atoms with Gasteiger partial charge in [-0.2, -0.15) is 0 Å². The standard InChI is InChI=1S/C56H71N9O7S/c1-7-48(57)60-33-20-29-43(64-54(71)72-55(3,4)5)46(67)36-39(31-32-49(68)65-56(40-22-11-8-12-23-40,41-24-13-9-14-25-41)42-26-15-10-16-27-42)51(70)62-37(2)45(66)35-38(21-19-34-61-53(58)59-6)50(69)52-63-44-28-17-18-30-47(44)73-52/h8-18,22-28,30,37-39,43H,7,19-21,29,31-36H2,1-6H3,(H2,57,60)(H,62,70)(H,64,71)(H,65,68)(H3,58,59,61)/t37-,38+,39+,43-/m0/s1. The first-order valence-electron chi connectivity index (χ1n) is 24.9. The molecule has 0 radical (unpaired) electrons. The molecule has 8 N–H and O–H groups in total. The number of fused-ring (bicyclic) bond motifs is 1. The number of ether oxygens (including phenoxy) is 1. The van der Waals surface area contributed by atoms with Crippen LogP contribution in [0.2, 0.25) is 0 Å². The molecular weight excluding hydrogens is 943 g/mol. The van der Waals surface area contributed by atoms with Crippen molar-refractivity contribution in [2.45, 2.75) is 116 Å². The van der Waals surface area contributed by atoms with Gasteiger partial charge in [0.15, 0.2) is 28.3 Å². The number of guanidine groups is 1. The van der Waals surface area contributed by atoms with E-state index in [0.717, 1.165) is 21.4 Å². The van der Waals surface area contributed by atoms with Gasteiger partial charge in [0, 0.05) is 57.7 Å². The minimum atomic E-state index is -1.15. The van der Waals surface area contributed by atoms with E-state index in [0.29, 0.717) is 50.1 Å². The minimum Gasteiger partial charge on any atom is -0.444 e. The molecule has 5 aromatic rings. The van der Waals surface area contributed by atoms with Crippen LogP contribution in [0.25, 0.3) is 10.2 Å². The number of nitrogens with zero attached hydrogens (tertiary/aromatic N) is 3. The highest BCUT2D eigenvalue weighted by Crippen LogP contribution is 2.37. The number of nitrogens with two attached hydrogens (primary N) is 2. The second kappa shape index (κ2) is 27.5. The van der Waals surface area contributed by atoms with Crippen molar-refractivity contribution in [3.05, 3.63) is 137 Å². The minimum absolute atomic E-state index is 0.106. The lowest BCUT2D eigenvalue weighted by Gasteiger charge is -2.37. The van der Waals surface area contributed by atoms with E-state index in [4.69, 9.17) is 16.2 Å². The molecular formula is C56H71N9O7S. The molecule has 1 heterocycles. The summed E-state index contributed by atoms with van der Waals surface area (Å²) in [5.74, 6) is -3.44. The first-order valence-corrected chi connectivity index (χ1v) is 25.7. The summed E-state index contributed by atoms with van der Waals surface area (Å²) >= 11 is 1.25. The van der Waals surface area contributed by atoms with Crippen LogP contribution in [-0.2, 0) is 29.5 Å². The molecule has 3 amide bonds. The number of hydrogen-bond donors (Lipinski definition) is 6. The van der Waals surface area contributed by atoms with Crippen molar-refractivity contribution in [3.8, 4) is 0 Å². The Kier molecular flexibility index (Phi) is 21.4. The van der Waals surface area contributed by atoms with E-state index in [1.54, 1.807) is 27.8 Å². The summed E-state index contributed by atoms with van der Waals surface area (Å²) in [4.78, 5) is 97.9. The molecule has 1 aromatic heterocycles. The monoisotopic (exact) mass is 1010 g/mol. The van der Waals surface area contributed by atoms with Gasteiger partial charge >= 0.3 is 6.09 Å². The molecule has 0 aliphatic heterocycles. The lowest BCUT2D eigenvalue weighted by Crippen LogP contribution is -2.48. The summed E-state index contributed by atoms with van der Waals surface area (Å²) in [6.45, 7) is 9.24. The van der Waals surface area contributed by atoms with Crippen molar-refractivity contribution in [1.29, 1.82) is 0 Å². The normalized spacial score (nSPS) is 13.8. The van der Waals surface area contributed by atoms with Gasteiger partial charge in [-0.15, -0.1) is 11.3 Å². The van der Waals surface area contributed by atoms with Gasteiger partial charge in [0.2, 0.25) is 11.8 Å². The summed E-state index contributed by atoms with van der Waals surface area (Å²) in [6.07, 6.45) is 0.180. The highest BCUT2D eigenvalue weighted by atomic mass is 32.1. The fourth-order valence-electron chi connectivity index (χ4n) is 8.42. The maximum absolute atomic E-state index is 14.6. The molecule has 0 spiro atoms. The largest absolute Gasteiger partial charge is 0.444 e. The topological polar surface area (TPSA) is 249 Å². The number of para-hydroxylation sites is 1. The first-order chi connectivity index (χ1) is 34.9. The lowest BCUT2D eigenvalue weighted by atomic mass is 9.76. The Morgan fingerprint density at radius 3 is 1.86 bits per heavy atom. The average Bonchev–Trinajstić information content (AvgIpc) is 3.83. The molecule has 0 unspecified atom stereocenters. The Morgan fingerprint density at radius 1 is 0.726 bits per heavy atom. The number of amidine groups is 1. The molecule has 0 aliphatic carbocycles. The number of aliphatic imine (C=N–C) groups is 2. The summed E-state index contributed by atoms with van der Waals surface area (Å²) in [7, 11) is 1.56. The number of Topliss-reactive ketones (excluding diaryl/α,β-unsaturated/α-hetero) is 3. The van der Waals surface area contributed by atoms with E-state index in [1.807, 2.05) is 122 Å². The van der Waals surface area contributed by atoms with Crippen molar-refractivity contribution in [2.24, 2.45) is 33.3 Å². The molecule has 0 fully saturated rings. The number of nitrogens with one attached hydrogen (secondary N) is 4. The molecule has 16 nitrogen and oxygen atoms in total. The zero-order valence-corrected chi connectivity index (χ0v) is 43.6. The molecule has 5 rings (SSSR count). The first kappa shape index (κ1) is 56.6. The smallest absolute Gasteiger partial charge is 0.408 e. The van der Waals surface area contributed by atoms with E-state index in [-0.39, 0.29) is 42.4 Å². The molecule has 0 saturated carbocycles. The van der Waals surface area contributed by atoms with Crippen molar-refractivity contribution in [3.63, 3.8) is 0 Å². The van der Waals surface area contributed by atoms with Crippen LogP contribution in [0.4, 0.5) is 4.79 Å². The number of hydrogen-bond acceptors (Lipinski definition) is 11. The average molecular weight is 1010 g/mol. The second-order valence-corrected chi connectivity index (χ2v) is 20.0. The number of alkyl carbamates (subject to hydrolysis) is 1. The number of benzene rings is 4. The fourth-order valence-corrected chi connectivity index (χ4v) is 9.40. The summed E-state index contributed by atoms with van der Waals surface area (Å²) in [5, 5.41) is 12.1. The number of carbonyl (C=O) groups is 6. The van der Waals surface area contributed by atoms with Crippen molar-refractivity contribution in [1.82, 2.24) is 26.3 Å². The molecule has 17 heteroatoms. The highest BCUT2D eigenvalue weighted by Gasteiger charge is 2.39. The lowest BCUT2D eigenvalue weighted by molar-refractivity contribution is -0.133. The van der Waals surface area contributed by atoms with E-state index in [2.05, 4.69) is 36.2 Å². The van der Waals surface area contributed by atoms with Crippen LogP contribution in [0.5, 0.6) is 0 Å². The molecule has 73 heavy (non-hydrogen) atoms. The molecule has 0 saturated heterocycles. The number of rotatable bonds is 27. The fraction of sp³-hybridized carbons (Fsp3) is 0.411. The molecule has 4 atom stereocenters. The van der Waals surface area contributed by atoms with E-state index >= 15 is 0 Å². The van der Waals surface area contributed by atoms with Crippen LogP contribution in [0, 0.1) is 11.8 Å². The summed E-state index contributed by atoms with van der Waals surface area (Å²) in [6, 6.07) is 34.0. The Morgan fingerprint density at radius 2 is 1.30 bits per heavy atom. The van der Waals surface area contributed by atoms with Gasteiger partial charge < -0.3 is 37.5 Å². The molecule has 388 valence electrons. The summed E-state index contributed by atoms with van der Waals surface area (Å²) < 4.78 is 6.36. The van der Waals surface area contributed by atoms with Crippen molar-refractivity contribution < 1.29 is 33.5 Å². The number of ketones is 3. The third-order valence-electron chi connectivity index (χ3n) is 12.3. The van der Waals surface area contributed by atoms with Crippen molar-refractivity contribution >= 4 is 68.6 Å². The van der Waals surface area contributed by atoms with E-state index in [9.17, 15) is 28.8 Å². The predicted octanol–water partition coefficient (Wildman–Crippen LogP) is 7.78. The predicted molar refractivity (Wildman–Crippen MR) is 288 cm³/mol. The third kappa shape index (κ3) is 16.9. The zero-order valence-electron chi connectivity index (χ0n) is 42.8. The van der Waals surface area contributed by atoms with Crippen LogP contribution in [0.3, 0.4) is 0 Å². The molecule has 0 bridgehead atoms. The molecule has 4 aromatic carbocycles. The van der Waals surface area contributed by atoms with E-state index < -0.39 is 71.0 Å². The number of amides is 3. The zero-order chi connectivity index (χ0) is 53.0. The van der Waals surface area contributed by atoms with Crippen molar-refractivity contribution in [2.75, 3.05) is 20.1 Å². The van der Waals surface area contributed by atoms with Gasteiger partial charge in [0.1, 0.15) is 11.1 Å². The number of aromatic nitrogens is 1. The van der Waals surface area contributed by atoms with Gasteiger partial charge in [-0.3, -0.25) is 34.0 Å². The number of thiazole rings is 1. The van der Waals surface area contributed by atoms with Crippen LogP contribution < -0.4 is 32.7 Å². The Hall–Kier alpha value is -7.27. The maximum atomic E-state index is 14.6. The quantitative estimate of drug-likeness (QED) is 0.00974. The van der Waals surface area contributed by atoms with Gasteiger partial charge in [0.05, 0.1) is 28.1 Å². The van der Waals surface area contributed by atoms with Gasteiger partial charge in [-0.05, 0) is 88.6 Å². The number of carbonyl (C=O) groups excluding carboxylic acids is 6. The molecule has 0 aliphatic rings. The Labute approximate surface area is 432 Å². The third-order valence-corrected chi connectivity index (χ3v) is 13.4. The maximum Gasteiger partial charge on any atom is 0.408 e. The Bertz CT molecular complexity index is 2560. The van der Waals surface area contributed by atoms with Gasteiger partial charge in [-0.25, -0.2) is 9.78 Å². The summed E-state index contributed by atoms with van der Waals surface area (Å²) in [5.41, 5.74) is 12.8. The Balaban J connectivity index is 1.43. The van der Waals surface area contributed by atoms with Crippen LogP contribution in [0.1, 0.15) is 119 Å². The van der Waals surface area contributed by atoms with Gasteiger partial charge in [-0.1, -0.05) is 110 Å². The van der Waals surface area contributed by atoms with Crippen LogP contribution in [0.15, 0.2) is 125 Å². The van der Waals surface area contributed by atoms with Crippen LogP contribution >= 0.6 is 11.3 Å². The second-order valence-electron chi connectivity index (χ2n) is 19.0. The SMILES string of the molecule is CCC(N)=NCCC[C@H](NC(=O)OC(C)(C)C)C(=O)C[C@@H](CCC(=O)NC(c1ccccc1)(c1ccccc1)c1ccccc1)C(=O)N[C@@H](C)C(=O)C[C@@H](CCCNC(N)=NC)C(=O)c1nc2ccccc2s1.